The van der Waals surface area contributed by atoms with Gasteiger partial charge in [0, 0.05) is 0 Å². The normalized spacial score (nSPS) is 17.1. The Morgan fingerprint density at radius 2 is 1.12 bits per heavy atom. The lowest BCUT2D eigenvalue weighted by Gasteiger charge is -2.51. The number of rotatable bonds is 2. The Bertz CT molecular complexity index is 242. The summed E-state index contributed by atoms with van der Waals surface area (Å²) in [6, 6.07) is 0. The van der Waals surface area contributed by atoms with Crippen molar-refractivity contribution < 1.29 is 0 Å². The van der Waals surface area contributed by atoms with Crippen molar-refractivity contribution in [2.75, 3.05) is 0 Å². The monoisotopic (exact) mass is 256 g/mol. The van der Waals surface area contributed by atoms with Crippen LogP contribution in [0.4, 0.5) is 0 Å². The molecule has 0 N–H and O–H groups in total. The third-order valence-corrected chi connectivity index (χ3v) is 11.3. The molecule has 0 bridgehead atoms. The third kappa shape index (κ3) is 4.77. The van der Waals surface area contributed by atoms with E-state index in [4.69, 9.17) is 0 Å². The Labute approximate surface area is 112 Å². The smallest absolute Gasteiger partial charge is 0.0564 e. The van der Waals surface area contributed by atoms with Crippen molar-refractivity contribution in [1.29, 1.82) is 0 Å². The molecule has 0 heterocycles. The Hall–Kier alpha value is 0.217. The molecule has 1 atom stereocenters. The van der Waals surface area contributed by atoms with Crippen LogP contribution in [-0.4, -0.2) is 8.07 Å². The van der Waals surface area contributed by atoms with E-state index >= 15 is 0 Å². The molecule has 0 nitrogen and oxygen atoms in total. The second-order valence-corrected chi connectivity index (χ2v) is 15.3. The summed E-state index contributed by atoms with van der Waals surface area (Å²) in [6.45, 7) is 27.0. The SMILES string of the molecule is CC(C)(C)CC(C(C)(C)C)[Si](C)(C)C(C)(C)C. The van der Waals surface area contributed by atoms with Crippen molar-refractivity contribution in [3.8, 4) is 0 Å². The number of hydrogen-bond donors (Lipinski definition) is 0. The summed E-state index contributed by atoms with van der Waals surface area (Å²) in [5, 5.41) is 0.482. The molecule has 0 radical (unpaired) electrons. The van der Waals surface area contributed by atoms with E-state index in [1.165, 1.54) is 6.42 Å². The lowest BCUT2D eigenvalue weighted by atomic mass is 9.80. The van der Waals surface area contributed by atoms with Gasteiger partial charge < -0.3 is 0 Å². The van der Waals surface area contributed by atoms with Gasteiger partial charge in [0.2, 0.25) is 0 Å². The molecule has 0 fully saturated rings. The molecular formula is C16H36Si. The quantitative estimate of drug-likeness (QED) is 0.505. The van der Waals surface area contributed by atoms with Crippen molar-refractivity contribution in [1.82, 2.24) is 0 Å². The highest BCUT2D eigenvalue weighted by Gasteiger charge is 2.47. The predicted octanol–water partition coefficient (Wildman–Crippen LogP) is 6.35. The topological polar surface area (TPSA) is 0 Å². The molecule has 0 aromatic rings. The summed E-state index contributed by atoms with van der Waals surface area (Å²) in [7, 11) is -1.28. The highest BCUT2D eigenvalue weighted by atomic mass is 28.3. The number of hydrogen-bond acceptors (Lipinski definition) is 0. The van der Waals surface area contributed by atoms with E-state index in [-0.39, 0.29) is 0 Å². The summed E-state index contributed by atoms with van der Waals surface area (Å²) < 4.78 is 0. The summed E-state index contributed by atoms with van der Waals surface area (Å²) in [6.07, 6.45) is 1.35. The first-order valence-electron chi connectivity index (χ1n) is 7.09. The van der Waals surface area contributed by atoms with Gasteiger partial charge in [-0.1, -0.05) is 75.4 Å². The molecule has 0 aromatic heterocycles. The van der Waals surface area contributed by atoms with Crippen LogP contribution in [0.1, 0.15) is 68.7 Å². The van der Waals surface area contributed by atoms with E-state index in [1.807, 2.05) is 0 Å². The molecule has 0 spiro atoms. The van der Waals surface area contributed by atoms with E-state index in [0.717, 1.165) is 5.54 Å². The first-order chi connectivity index (χ1) is 7.09. The minimum absolute atomic E-state index is 0.427. The Morgan fingerprint density at radius 3 is 1.29 bits per heavy atom. The zero-order valence-corrected chi connectivity index (χ0v) is 15.3. The molecule has 0 aliphatic carbocycles. The summed E-state index contributed by atoms with van der Waals surface area (Å²) in [4.78, 5) is 0. The van der Waals surface area contributed by atoms with Gasteiger partial charge in [0.25, 0.3) is 0 Å². The largest absolute Gasteiger partial charge is 0.0687 e. The zero-order valence-electron chi connectivity index (χ0n) is 14.3. The average molecular weight is 257 g/mol. The van der Waals surface area contributed by atoms with Crippen LogP contribution in [0.5, 0.6) is 0 Å². The van der Waals surface area contributed by atoms with Gasteiger partial charge in [0.15, 0.2) is 0 Å². The van der Waals surface area contributed by atoms with Gasteiger partial charge in [0.05, 0.1) is 8.07 Å². The molecule has 104 valence electrons. The first kappa shape index (κ1) is 17.2. The molecule has 1 unspecified atom stereocenters. The maximum atomic E-state index is 2.59. The van der Waals surface area contributed by atoms with Crippen LogP contribution in [0.2, 0.25) is 23.7 Å². The third-order valence-electron chi connectivity index (χ3n) is 4.67. The highest BCUT2D eigenvalue weighted by Crippen LogP contribution is 2.54. The first-order valence-corrected chi connectivity index (χ1v) is 10.2. The van der Waals surface area contributed by atoms with E-state index in [0.29, 0.717) is 15.9 Å². The molecule has 0 amide bonds. The van der Waals surface area contributed by atoms with Crippen LogP contribution in [-0.2, 0) is 0 Å². The van der Waals surface area contributed by atoms with Gasteiger partial charge in [0.1, 0.15) is 0 Å². The van der Waals surface area contributed by atoms with Crippen LogP contribution >= 0.6 is 0 Å². The molecule has 0 saturated heterocycles. The van der Waals surface area contributed by atoms with E-state index in [2.05, 4.69) is 75.4 Å². The van der Waals surface area contributed by atoms with Gasteiger partial charge in [-0.25, -0.2) is 0 Å². The maximum Gasteiger partial charge on any atom is 0.0564 e. The molecular weight excluding hydrogens is 220 g/mol. The summed E-state index contributed by atoms with van der Waals surface area (Å²) in [5.41, 5.74) is 1.74. The van der Waals surface area contributed by atoms with E-state index in [9.17, 15) is 0 Å². The molecule has 0 aromatic carbocycles. The molecule has 1 heteroatoms. The zero-order chi connectivity index (χ0) is 14.3. The Kier molecular flexibility index (Phi) is 4.78. The predicted molar refractivity (Wildman–Crippen MR) is 84.5 cm³/mol. The van der Waals surface area contributed by atoms with Crippen molar-refractivity contribution in [3.63, 3.8) is 0 Å². The van der Waals surface area contributed by atoms with Crippen molar-refractivity contribution in [2.45, 2.75) is 92.4 Å². The molecule has 0 aliphatic heterocycles. The van der Waals surface area contributed by atoms with Crippen molar-refractivity contribution in [2.24, 2.45) is 10.8 Å². The lowest BCUT2D eigenvalue weighted by Crippen LogP contribution is -2.48. The molecule has 17 heavy (non-hydrogen) atoms. The van der Waals surface area contributed by atoms with Gasteiger partial charge in [-0.05, 0) is 27.8 Å². The van der Waals surface area contributed by atoms with Crippen molar-refractivity contribution >= 4 is 8.07 Å². The minimum atomic E-state index is -1.28. The minimum Gasteiger partial charge on any atom is -0.0687 e. The second kappa shape index (κ2) is 4.72. The maximum absolute atomic E-state index is 2.59. The van der Waals surface area contributed by atoms with Gasteiger partial charge in [-0.2, -0.15) is 0 Å². The molecule has 0 aliphatic rings. The fourth-order valence-corrected chi connectivity index (χ4v) is 7.11. The molecule has 0 saturated carbocycles. The van der Waals surface area contributed by atoms with Crippen molar-refractivity contribution in [3.05, 3.63) is 0 Å². The van der Waals surface area contributed by atoms with Crippen LogP contribution in [0.25, 0.3) is 0 Å². The van der Waals surface area contributed by atoms with Crippen LogP contribution < -0.4 is 0 Å². The lowest BCUT2D eigenvalue weighted by molar-refractivity contribution is 0.263. The van der Waals surface area contributed by atoms with Gasteiger partial charge in [-0.15, -0.1) is 0 Å². The van der Waals surface area contributed by atoms with Crippen LogP contribution in [0.15, 0.2) is 0 Å². The second-order valence-electron chi connectivity index (χ2n) is 9.66. The van der Waals surface area contributed by atoms with Crippen LogP contribution in [0, 0.1) is 10.8 Å². The van der Waals surface area contributed by atoms with E-state index in [1.54, 1.807) is 0 Å². The molecule has 0 rings (SSSR count). The van der Waals surface area contributed by atoms with Crippen LogP contribution in [0.3, 0.4) is 0 Å². The summed E-state index contributed by atoms with van der Waals surface area (Å²) >= 11 is 0. The Balaban J connectivity index is 5.36. The fraction of sp³-hybridized carbons (Fsp3) is 1.00. The van der Waals surface area contributed by atoms with Gasteiger partial charge in [-0.3, -0.25) is 0 Å². The highest BCUT2D eigenvalue weighted by molar-refractivity contribution is 6.81. The Morgan fingerprint density at radius 1 is 0.765 bits per heavy atom. The summed E-state index contributed by atoms with van der Waals surface area (Å²) in [5.74, 6) is 0. The van der Waals surface area contributed by atoms with Gasteiger partial charge >= 0.3 is 0 Å². The standard InChI is InChI=1S/C16H36Si/c1-14(2,3)12-13(15(4,5)6)17(10,11)16(7,8)9/h13H,12H2,1-11H3. The van der Waals surface area contributed by atoms with E-state index < -0.39 is 8.07 Å². The fourth-order valence-electron chi connectivity index (χ4n) is 2.78. The average Bonchev–Trinajstić information content (AvgIpc) is 1.93.